The Morgan fingerprint density at radius 1 is 1.36 bits per heavy atom. The van der Waals surface area contributed by atoms with Crippen molar-refractivity contribution in [3.63, 3.8) is 0 Å². The molecule has 136 valence electrons. The van der Waals surface area contributed by atoms with Crippen LogP contribution in [0.1, 0.15) is 12.0 Å². The van der Waals surface area contributed by atoms with Crippen molar-refractivity contribution in [3.05, 3.63) is 23.8 Å². The van der Waals surface area contributed by atoms with E-state index in [-0.39, 0.29) is 12.1 Å². The molecule has 0 unspecified atom stereocenters. The van der Waals surface area contributed by atoms with Crippen LogP contribution in [0.2, 0.25) is 0 Å². The fourth-order valence-corrected chi connectivity index (χ4v) is 2.73. The van der Waals surface area contributed by atoms with Crippen LogP contribution in [0.25, 0.3) is 0 Å². The summed E-state index contributed by atoms with van der Waals surface area (Å²) < 4.78 is 41.1. The molecule has 0 fully saturated rings. The summed E-state index contributed by atoms with van der Waals surface area (Å²) in [4.78, 5) is 13.5. The molecule has 0 bridgehead atoms. The quantitative estimate of drug-likeness (QED) is 0.783. The van der Waals surface area contributed by atoms with Crippen LogP contribution in [0.4, 0.5) is 24.5 Å². The van der Waals surface area contributed by atoms with E-state index in [2.05, 4.69) is 20.8 Å². The molecular weight excluding hydrogens is 357 g/mol. The van der Waals surface area contributed by atoms with Crippen molar-refractivity contribution in [2.75, 3.05) is 30.1 Å². The molecule has 1 heterocycles. The molecule has 0 spiro atoms. The van der Waals surface area contributed by atoms with E-state index < -0.39 is 17.6 Å². The summed E-state index contributed by atoms with van der Waals surface area (Å²) in [5.41, 5.74) is -0.735. The van der Waals surface area contributed by atoms with Crippen molar-refractivity contribution in [3.8, 4) is 0 Å². The molecule has 2 aromatic rings. The summed E-state index contributed by atoms with van der Waals surface area (Å²) >= 11 is 1.25. The van der Waals surface area contributed by atoms with E-state index in [1.165, 1.54) is 28.6 Å². The van der Waals surface area contributed by atoms with Crippen molar-refractivity contribution < 1.29 is 18.0 Å². The normalized spacial score (nSPS) is 11.4. The van der Waals surface area contributed by atoms with E-state index in [9.17, 15) is 18.0 Å². The Bertz CT molecular complexity index is 746. The lowest BCUT2D eigenvalue weighted by atomic mass is 10.1. The number of thioether (sulfide) groups is 1. The highest BCUT2D eigenvalue weighted by Crippen LogP contribution is 2.37. The number of anilines is 2. The van der Waals surface area contributed by atoms with Gasteiger partial charge in [0.15, 0.2) is 0 Å². The number of carbonyl (C=O) groups excluding carboxylic acids is 1. The van der Waals surface area contributed by atoms with Gasteiger partial charge in [-0.3, -0.25) is 4.79 Å². The summed E-state index contributed by atoms with van der Waals surface area (Å²) in [5.74, 6) is -0.164. The Labute approximate surface area is 146 Å². The number of benzene rings is 1. The van der Waals surface area contributed by atoms with Crippen LogP contribution in [0, 0.1) is 0 Å². The van der Waals surface area contributed by atoms with Gasteiger partial charge in [-0.05, 0) is 28.6 Å². The average Bonchev–Trinajstić information content (AvgIpc) is 2.91. The largest absolute Gasteiger partial charge is 0.418 e. The first-order valence-electron chi connectivity index (χ1n) is 7.22. The van der Waals surface area contributed by atoms with Gasteiger partial charge in [0, 0.05) is 39.0 Å². The molecule has 0 saturated carbocycles. The molecule has 7 nitrogen and oxygen atoms in total. The molecule has 1 aromatic heterocycles. The molecule has 1 aromatic carbocycles. The first kappa shape index (κ1) is 19.0. The van der Waals surface area contributed by atoms with Crippen molar-refractivity contribution in [1.29, 1.82) is 0 Å². The number of amides is 1. The fourth-order valence-electron chi connectivity index (χ4n) is 1.95. The van der Waals surface area contributed by atoms with Gasteiger partial charge in [0.25, 0.3) is 0 Å². The van der Waals surface area contributed by atoms with Crippen LogP contribution < -0.4 is 10.2 Å². The van der Waals surface area contributed by atoms with Gasteiger partial charge in [0.1, 0.15) is 0 Å². The molecule has 11 heteroatoms. The smallest absolute Gasteiger partial charge is 0.378 e. The van der Waals surface area contributed by atoms with Crippen molar-refractivity contribution >= 4 is 29.0 Å². The maximum absolute atomic E-state index is 13.2. The number of rotatable bonds is 6. The Morgan fingerprint density at radius 2 is 2.08 bits per heavy atom. The predicted octanol–water partition coefficient (Wildman–Crippen LogP) is 2.42. The maximum Gasteiger partial charge on any atom is 0.418 e. The third-order valence-electron chi connectivity index (χ3n) is 3.24. The summed E-state index contributed by atoms with van der Waals surface area (Å²) in [5, 5.41) is 13.7. The van der Waals surface area contributed by atoms with Crippen molar-refractivity contribution in [2.24, 2.45) is 7.05 Å². The Morgan fingerprint density at radius 3 is 2.64 bits per heavy atom. The van der Waals surface area contributed by atoms with Crippen molar-refractivity contribution in [2.45, 2.75) is 17.8 Å². The zero-order chi connectivity index (χ0) is 18.6. The highest BCUT2D eigenvalue weighted by atomic mass is 32.2. The molecule has 0 aliphatic carbocycles. The van der Waals surface area contributed by atoms with Gasteiger partial charge in [-0.25, -0.2) is 4.68 Å². The van der Waals surface area contributed by atoms with E-state index in [4.69, 9.17) is 0 Å². The molecule has 0 radical (unpaired) electrons. The lowest BCUT2D eigenvalue weighted by Gasteiger charge is -2.18. The SMILES string of the molecule is CN(C)c1ccc(NC(=O)CCSc2nnnn2C)c(C(F)(F)F)c1. The van der Waals surface area contributed by atoms with Crippen LogP contribution in [-0.2, 0) is 18.0 Å². The molecular formula is C14H17F3N6OS. The number of halogens is 3. The molecule has 25 heavy (non-hydrogen) atoms. The number of nitrogens with one attached hydrogen (secondary N) is 1. The van der Waals surface area contributed by atoms with Crippen LogP contribution in [0.5, 0.6) is 0 Å². The van der Waals surface area contributed by atoms with E-state index in [1.807, 2.05) is 0 Å². The third-order valence-corrected chi connectivity index (χ3v) is 4.25. The van der Waals surface area contributed by atoms with Gasteiger partial charge in [-0.1, -0.05) is 11.8 Å². The number of hydrogen-bond acceptors (Lipinski definition) is 6. The fraction of sp³-hybridized carbons (Fsp3) is 0.429. The molecule has 0 saturated heterocycles. The van der Waals surface area contributed by atoms with Crippen LogP contribution in [-0.4, -0.2) is 46.0 Å². The minimum atomic E-state index is -4.56. The molecule has 1 amide bonds. The van der Waals surface area contributed by atoms with Gasteiger partial charge in [0.2, 0.25) is 11.1 Å². The van der Waals surface area contributed by atoms with E-state index >= 15 is 0 Å². The maximum atomic E-state index is 13.2. The number of aromatic nitrogens is 4. The first-order valence-corrected chi connectivity index (χ1v) is 8.20. The Kier molecular flexibility index (Phi) is 5.88. The van der Waals surface area contributed by atoms with Gasteiger partial charge >= 0.3 is 6.18 Å². The average molecular weight is 374 g/mol. The summed E-state index contributed by atoms with van der Waals surface area (Å²) in [6.07, 6.45) is -4.53. The summed E-state index contributed by atoms with van der Waals surface area (Å²) in [6.45, 7) is 0. The van der Waals surface area contributed by atoms with Crippen LogP contribution in [0.15, 0.2) is 23.4 Å². The zero-order valence-corrected chi connectivity index (χ0v) is 14.6. The zero-order valence-electron chi connectivity index (χ0n) is 13.8. The van der Waals surface area contributed by atoms with Crippen LogP contribution in [0.3, 0.4) is 0 Å². The monoisotopic (exact) mass is 374 g/mol. The van der Waals surface area contributed by atoms with Crippen LogP contribution >= 0.6 is 11.8 Å². The first-order chi connectivity index (χ1) is 11.7. The van der Waals surface area contributed by atoms with E-state index in [0.717, 1.165) is 6.07 Å². The standard InChI is InChI=1S/C14H17F3N6OS/c1-22(2)9-4-5-11(10(8-9)14(15,16)17)18-12(24)6-7-25-13-19-20-21-23(13)3/h4-5,8H,6-7H2,1-3H3,(H,18,24). The number of hydrogen-bond donors (Lipinski definition) is 1. The van der Waals surface area contributed by atoms with Gasteiger partial charge in [-0.15, -0.1) is 5.10 Å². The second-order valence-electron chi connectivity index (χ2n) is 5.35. The second kappa shape index (κ2) is 7.72. The van der Waals surface area contributed by atoms with Crippen molar-refractivity contribution in [1.82, 2.24) is 20.2 Å². The number of nitrogens with zero attached hydrogens (tertiary/aromatic N) is 5. The molecule has 2 rings (SSSR count). The van der Waals surface area contributed by atoms with E-state index in [0.29, 0.717) is 16.6 Å². The van der Waals surface area contributed by atoms with Gasteiger partial charge < -0.3 is 10.2 Å². The molecule has 1 N–H and O–H groups in total. The molecule has 0 aliphatic rings. The molecule has 0 aliphatic heterocycles. The highest BCUT2D eigenvalue weighted by molar-refractivity contribution is 7.99. The van der Waals surface area contributed by atoms with E-state index in [1.54, 1.807) is 26.0 Å². The lowest BCUT2D eigenvalue weighted by molar-refractivity contribution is -0.136. The van der Waals surface area contributed by atoms with Gasteiger partial charge in [0.05, 0.1) is 11.3 Å². The number of alkyl halides is 3. The third kappa shape index (κ3) is 5.08. The Balaban J connectivity index is 2.03. The summed E-state index contributed by atoms with van der Waals surface area (Å²) in [6, 6.07) is 3.79. The lowest BCUT2D eigenvalue weighted by Crippen LogP contribution is -2.18. The molecule has 0 atom stereocenters. The minimum Gasteiger partial charge on any atom is -0.378 e. The highest BCUT2D eigenvalue weighted by Gasteiger charge is 2.34. The van der Waals surface area contributed by atoms with Gasteiger partial charge in [-0.2, -0.15) is 13.2 Å². The number of carbonyl (C=O) groups is 1. The Hall–Kier alpha value is -2.30. The topological polar surface area (TPSA) is 75.9 Å². The minimum absolute atomic E-state index is 0.0320. The number of aryl methyl sites for hydroxylation is 1. The predicted molar refractivity (Wildman–Crippen MR) is 88.5 cm³/mol. The second-order valence-corrected chi connectivity index (χ2v) is 6.42. The summed E-state index contributed by atoms with van der Waals surface area (Å²) in [7, 11) is 4.95. The number of tetrazole rings is 1.